The van der Waals surface area contributed by atoms with Gasteiger partial charge in [0.25, 0.3) is 5.56 Å². The monoisotopic (exact) mass is 384 g/mol. The fourth-order valence-corrected chi connectivity index (χ4v) is 2.91. The summed E-state index contributed by atoms with van der Waals surface area (Å²) in [6.45, 7) is 5.26. The summed E-state index contributed by atoms with van der Waals surface area (Å²) in [6, 6.07) is 6.03. The van der Waals surface area contributed by atoms with E-state index in [1.165, 1.54) is 23.9 Å². The quantitative estimate of drug-likeness (QED) is 0.483. The van der Waals surface area contributed by atoms with Crippen LogP contribution < -0.4 is 5.56 Å². The van der Waals surface area contributed by atoms with Gasteiger partial charge in [0.05, 0.1) is 12.1 Å². The van der Waals surface area contributed by atoms with Crippen LogP contribution in [-0.2, 0) is 21.7 Å². The maximum Gasteiger partial charge on any atom is 0.312 e. The molecule has 0 bridgehead atoms. The van der Waals surface area contributed by atoms with Crippen molar-refractivity contribution in [3.05, 3.63) is 56.7 Å². The van der Waals surface area contributed by atoms with Crippen LogP contribution in [0.15, 0.2) is 34.2 Å². The maximum atomic E-state index is 12.9. The molecule has 0 aliphatic heterocycles. The lowest BCUT2D eigenvalue weighted by atomic mass is 10.2. The van der Waals surface area contributed by atoms with Crippen LogP contribution in [0, 0.1) is 5.82 Å². The third-order valence-corrected chi connectivity index (χ3v) is 4.26. The van der Waals surface area contributed by atoms with E-state index in [0.29, 0.717) is 10.9 Å². The Morgan fingerprint density at radius 3 is 2.56 bits per heavy atom. The SMILES string of the molecule is CC(C)(C)OC(=O)Cc1nc(SCc2ccc(F)cc2)[nH]c(=O)c1Cl. The molecular formula is C17H18ClFN2O3S. The third kappa shape index (κ3) is 6.17. The first-order valence-electron chi connectivity index (χ1n) is 7.52. The third-order valence-electron chi connectivity index (χ3n) is 2.93. The predicted octanol–water partition coefficient (Wildman–Crippen LogP) is 3.74. The van der Waals surface area contributed by atoms with Crippen LogP contribution in [0.4, 0.5) is 4.39 Å². The smallest absolute Gasteiger partial charge is 0.312 e. The van der Waals surface area contributed by atoms with Gasteiger partial charge in [-0.05, 0) is 38.5 Å². The number of ether oxygens (including phenoxy) is 1. The number of H-pyrrole nitrogens is 1. The van der Waals surface area contributed by atoms with Crippen LogP contribution in [-0.4, -0.2) is 21.5 Å². The molecule has 134 valence electrons. The lowest BCUT2D eigenvalue weighted by Crippen LogP contribution is -2.26. The first-order valence-corrected chi connectivity index (χ1v) is 8.88. The van der Waals surface area contributed by atoms with Crippen LogP contribution in [0.2, 0.25) is 5.02 Å². The average molecular weight is 385 g/mol. The number of esters is 1. The summed E-state index contributed by atoms with van der Waals surface area (Å²) < 4.78 is 18.1. The number of carbonyl (C=O) groups excluding carboxylic acids is 1. The van der Waals surface area contributed by atoms with E-state index in [9.17, 15) is 14.0 Å². The van der Waals surface area contributed by atoms with E-state index >= 15 is 0 Å². The summed E-state index contributed by atoms with van der Waals surface area (Å²) in [5.41, 5.74) is -0.110. The van der Waals surface area contributed by atoms with Crippen LogP contribution in [0.3, 0.4) is 0 Å². The van der Waals surface area contributed by atoms with Gasteiger partial charge in [-0.1, -0.05) is 35.5 Å². The van der Waals surface area contributed by atoms with Crippen molar-refractivity contribution < 1.29 is 13.9 Å². The van der Waals surface area contributed by atoms with Gasteiger partial charge in [0.1, 0.15) is 16.4 Å². The number of thioether (sulfide) groups is 1. The molecule has 0 amide bonds. The maximum absolute atomic E-state index is 12.9. The van der Waals surface area contributed by atoms with E-state index in [0.717, 1.165) is 5.56 Å². The first-order chi connectivity index (χ1) is 11.6. The number of aromatic amines is 1. The zero-order chi connectivity index (χ0) is 18.6. The molecule has 0 aliphatic carbocycles. The van der Waals surface area contributed by atoms with Crippen LogP contribution >= 0.6 is 23.4 Å². The molecule has 5 nitrogen and oxygen atoms in total. The minimum absolute atomic E-state index is 0.128. The fourth-order valence-electron chi connectivity index (χ4n) is 1.91. The first kappa shape index (κ1) is 19.5. The highest BCUT2D eigenvalue weighted by Crippen LogP contribution is 2.21. The van der Waals surface area contributed by atoms with Crippen molar-refractivity contribution in [1.29, 1.82) is 0 Å². The second-order valence-corrected chi connectivity index (χ2v) is 7.65. The second kappa shape index (κ2) is 8.01. The molecule has 0 unspecified atom stereocenters. The zero-order valence-electron chi connectivity index (χ0n) is 14.1. The van der Waals surface area contributed by atoms with Gasteiger partial charge >= 0.3 is 5.97 Å². The van der Waals surface area contributed by atoms with E-state index in [2.05, 4.69) is 9.97 Å². The molecule has 0 atom stereocenters. The minimum atomic E-state index is -0.634. The number of halogens is 2. The Balaban J connectivity index is 2.12. The van der Waals surface area contributed by atoms with Crippen LogP contribution in [0.5, 0.6) is 0 Å². The van der Waals surface area contributed by atoms with Crippen molar-refractivity contribution in [3.8, 4) is 0 Å². The topological polar surface area (TPSA) is 72.0 Å². The number of hydrogen-bond acceptors (Lipinski definition) is 5. The molecule has 1 heterocycles. The Hall–Kier alpha value is -1.86. The van der Waals surface area contributed by atoms with Crippen LogP contribution in [0.1, 0.15) is 32.0 Å². The van der Waals surface area contributed by atoms with E-state index in [-0.39, 0.29) is 23.0 Å². The number of aromatic nitrogens is 2. The van der Waals surface area contributed by atoms with Crippen molar-refractivity contribution >= 4 is 29.3 Å². The van der Waals surface area contributed by atoms with E-state index < -0.39 is 17.1 Å². The Morgan fingerprint density at radius 2 is 1.96 bits per heavy atom. The van der Waals surface area contributed by atoms with Gasteiger partial charge in [0.15, 0.2) is 5.16 Å². The average Bonchev–Trinajstić information content (AvgIpc) is 2.49. The van der Waals surface area contributed by atoms with Gasteiger partial charge < -0.3 is 9.72 Å². The number of rotatable bonds is 5. The van der Waals surface area contributed by atoms with Crippen LogP contribution in [0.25, 0.3) is 0 Å². The summed E-state index contributed by atoms with van der Waals surface area (Å²) in [4.78, 5) is 30.7. The molecule has 1 aromatic carbocycles. The standard InChI is InChI=1S/C17H18ClFN2O3S/c1-17(2,3)24-13(22)8-12-14(18)15(23)21-16(20-12)25-9-10-4-6-11(19)7-5-10/h4-7H,8-9H2,1-3H3,(H,20,21,23). The molecule has 2 aromatic rings. The Kier molecular flexibility index (Phi) is 6.24. The molecule has 1 N–H and O–H groups in total. The molecular weight excluding hydrogens is 367 g/mol. The molecule has 0 saturated carbocycles. The predicted molar refractivity (Wildman–Crippen MR) is 95.4 cm³/mol. The molecule has 1 aromatic heterocycles. The van der Waals surface area contributed by atoms with Gasteiger partial charge in [-0.15, -0.1) is 0 Å². The summed E-state index contributed by atoms with van der Waals surface area (Å²) in [5.74, 6) is -0.343. The van der Waals surface area contributed by atoms with E-state index in [4.69, 9.17) is 16.3 Å². The van der Waals surface area contributed by atoms with E-state index in [1.54, 1.807) is 32.9 Å². The normalized spacial score (nSPS) is 11.4. The van der Waals surface area contributed by atoms with Gasteiger partial charge in [-0.2, -0.15) is 0 Å². The Morgan fingerprint density at radius 1 is 1.32 bits per heavy atom. The fraction of sp³-hybridized carbons (Fsp3) is 0.353. The van der Waals surface area contributed by atoms with Crippen molar-refractivity contribution in [2.75, 3.05) is 0 Å². The summed E-state index contributed by atoms with van der Waals surface area (Å²) in [6.07, 6.45) is -0.190. The number of nitrogens with zero attached hydrogens (tertiary/aromatic N) is 1. The zero-order valence-corrected chi connectivity index (χ0v) is 15.6. The Labute approximate surface area is 154 Å². The molecule has 0 spiro atoms. The highest BCUT2D eigenvalue weighted by atomic mass is 35.5. The molecule has 0 saturated heterocycles. The van der Waals surface area contributed by atoms with Gasteiger partial charge in [0, 0.05) is 5.75 Å². The summed E-state index contributed by atoms with van der Waals surface area (Å²) in [7, 11) is 0. The van der Waals surface area contributed by atoms with Gasteiger partial charge in [-0.3, -0.25) is 9.59 Å². The highest BCUT2D eigenvalue weighted by molar-refractivity contribution is 7.98. The van der Waals surface area contributed by atoms with Crippen molar-refractivity contribution in [2.24, 2.45) is 0 Å². The van der Waals surface area contributed by atoms with Crippen molar-refractivity contribution in [1.82, 2.24) is 9.97 Å². The molecule has 0 fully saturated rings. The summed E-state index contributed by atoms with van der Waals surface area (Å²) >= 11 is 7.21. The molecule has 0 aliphatic rings. The summed E-state index contributed by atoms with van der Waals surface area (Å²) in [5, 5.41) is 0.203. The molecule has 0 radical (unpaired) electrons. The van der Waals surface area contributed by atoms with Crippen molar-refractivity contribution in [2.45, 2.75) is 43.7 Å². The van der Waals surface area contributed by atoms with E-state index in [1.807, 2.05) is 0 Å². The Bertz CT molecular complexity index is 816. The minimum Gasteiger partial charge on any atom is -0.460 e. The number of benzene rings is 1. The van der Waals surface area contributed by atoms with Gasteiger partial charge in [0.2, 0.25) is 0 Å². The van der Waals surface area contributed by atoms with Gasteiger partial charge in [-0.25, -0.2) is 9.37 Å². The largest absolute Gasteiger partial charge is 0.460 e. The molecule has 8 heteroatoms. The number of carbonyl (C=O) groups is 1. The lowest BCUT2D eigenvalue weighted by Gasteiger charge is -2.19. The lowest BCUT2D eigenvalue weighted by molar-refractivity contribution is -0.154. The molecule has 2 rings (SSSR count). The second-order valence-electron chi connectivity index (χ2n) is 6.31. The number of hydrogen-bond donors (Lipinski definition) is 1. The van der Waals surface area contributed by atoms with Crippen molar-refractivity contribution in [3.63, 3.8) is 0 Å². The number of nitrogens with one attached hydrogen (secondary N) is 1. The highest BCUT2D eigenvalue weighted by Gasteiger charge is 2.20. The molecule has 25 heavy (non-hydrogen) atoms.